The topological polar surface area (TPSA) is 108 Å². The minimum absolute atomic E-state index is 0.0164. The predicted octanol–water partition coefficient (Wildman–Crippen LogP) is 2.64. The molecular formula is C21H24N4O4S. The number of hydrogen-bond acceptors (Lipinski definition) is 5. The molecule has 0 saturated carbocycles. The zero-order valence-corrected chi connectivity index (χ0v) is 17.3. The number of H-pyrrole nitrogens is 1. The molecule has 0 spiro atoms. The highest BCUT2D eigenvalue weighted by atomic mass is 32.2. The van der Waals surface area contributed by atoms with Crippen molar-refractivity contribution in [3.63, 3.8) is 0 Å². The van der Waals surface area contributed by atoms with Crippen molar-refractivity contribution in [2.24, 2.45) is 0 Å². The zero-order chi connectivity index (χ0) is 21.0. The van der Waals surface area contributed by atoms with Gasteiger partial charge in [0.05, 0.1) is 18.6 Å². The lowest BCUT2D eigenvalue weighted by molar-refractivity contribution is 0.0943. The molecule has 0 atom stereocenters. The molecule has 3 aromatic rings. The number of piperidine rings is 1. The van der Waals surface area contributed by atoms with Gasteiger partial charge >= 0.3 is 0 Å². The van der Waals surface area contributed by atoms with Crippen molar-refractivity contribution in [1.82, 2.24) is 19.8 Å². The van der Waals surface area contributed by atoms with E-state index in [4.69, 9.17) is 4.42 Å². The Labute approximate surface area is 175 Å². The van der Waals surface area contributed by atoms with Gasteiger partial charge in [-0.2, -0.15) is 5.10 Å². The number of furan rings is 1. The van der Waals surface area contributed by atoms with Crippen LogP contribution in [-0.2, 0) is 22.3 Å². The summed E-state index contributed by atoms with van der Waals surface area (Å²) in [4.78, 5) is 12.3. The summed E-state index contributed by atoms with van der Waals surface area (Å²) in [7, 11) is -3.34. The Morgan fingerprint density at radius 3 is 2.63 bits per heavy atom. The average molecular weight is 429 g/mol. The van der Waals surface area contributed by atoms with E-state index in [-0.39, 0.29) is 17.6 Å². The summed E-state index contributed by atoms with van der Waals surface area (Å²) in [6, 6.07) is 14.5. The molecule has 1 amide bonds. The zero-order valence-electron chi connectivity index (χ0n) is 16.5. The SMILES string of the molecule is O=C(NCc1ccco1)c1cc(C2CCN(S(=O)(=O)Cc3ccccc3)CC2)[nH]n1. The van der Waals surface area contributed by atoms with Crippen molar-refractivity contribution in [1.29, 1.82) is 0 Å². The maximum atomic E-state index is 12.7. The molecule has 8 nitrogen and oxygen atoms in total. The van der Waals surface area contributed by atoms with Crippen LogP contribution in [0.1, 0.15) is 46.3 Å². The lowest BCUT2D eigenvalue weighted by Gasteiger charge is -2.30. The minimum atomic E-state index is -3.34. The Kier molecular flexibility index (Phi) is 6.01. The first-order chi connectivity index (χ1) is 14.5. The molecule has 3 heterocycles. The summed E-state index contributed by atoms with van der Waals surface area (Å²) < 4.78 is 32.2. The first-order valence-electron chi connectivity index (χ1n) is 9.89. The number of amides is 1. The van der Waals surface area contributed by atoms with Gasteiger partial charge < -0.3 is 9.73 Å². The summed E-state index contributed by atoms with van der Waals surface area (Å²) in [6.07, 6.45) is 2.92. The van der Waals surface area contributed by atoms with Gasteiger partial charge in [0.2, 0.25) is 10.0 Å². The van der Waals surface area contributed by atoms with Gasteiger partial charge in [-0.15, -0.1) is 0 Å². The van der Waals surface area contributed by atoms with Gasteiger partial charge in [0.1, 0.15) is 11.5 Å². The number of benzene rings is 1. The number of sulfonamides is 1. The number of rotatable bonds is 7. The molecule has 1 saturated heterocycles. The van der Waals surface area contributed by atoms with Gasteiger partial charge in [0.25, 0.3) is 5.91 Å². The molecule has 158 valence electrons. The molecule has 0 unspecified atom stereocenters. The van der Waals surface area contributed by atoms with E-state index in [0.717, 1.165) is 11.3 Å². The summed E-state index contributed by atoms with van der Waals surface area (Å²) in [5, 5.41) is 9.82. The third kappa shape index (κ3) is 4.80. The minimum Gasteiger partial charge on any atom is -0.467 e. The number of carbonyl (C=O) groups is 1. The smallest absolute Gasteiger partial charge is 0.272 e. The van der Waals surface area contributed by atoms with Crippen LogP contribution in [0.2, 0.25) is 0 Å². The third-order valence-electron chi connectivity index (χ3n) is 5.31. The largest absolute Gasteiger partial charge is 0.467 e. The van der Waals surface area contributed by atoms with E-state index in [2.05, 4.69) is 15.5 Å². The van der Waals surface area contributed by atoms with Gasteiger partial charge in [-0.25, -0.2) is 12.7 Å². The van der Waals surface area contributed by atoms with E-state index >= 15 is 0 Å². The second-order valence-corrected chi connectivity index (χ2v) is 9.35. The van der Waals surface area contributed by atoms with Gasteiger partial charge in [0, 0.05) is 24.7 Å². The molecule has 1 aromatic carbocycles. The number of nitrogens with one attached hydrogen (secondary N) is 2. The summed E-state index contributed by atoms with van der Waals surface area (Å²) in [5.74, 6) is 0.551. The van der Waals surface area contributed by atoms with Crippen LogP contribution in [0.3, 0.4) is 0 Å². The van der Waals surface area contributed by atoms with Crippen LogP contribution in [0.15, 0.2) is 59.2 Å². The van der Waals surface area contributed by atoms with E-state index in [0.29, 0.717) is 43.9 Å². The fraction of sp³-hybridized carbons (Fsp3) is 0.333. The average Bonchev–Trinajstić information content (AvgIpc) is 3.45. The van der Waals surface area contributed by atoms with Gasteiger partial charge in [0.15, 0.2) is 0 Å². The molecule has 0 radical (unpaired) electrons. The van der Waals surface area contributed by atoms with Crippen LogP contribution < -0.4 is 5.32 Å². The van der Waals surface area contributed by atoms with Crippen LogP contribution in [0.4, 0.5) is 0 Å². The summed E-state index contributed by atoms with van der Waals surface area (Å²) in [5.41, 5.74) is 1.97. The van der Waals surface area contributed by atoms with Crippen molar-refractivity contribution in [3.8, 4) is 0 Å². The van der Waals surface area contributed by atoms with Crippen molar-refractivity contribution < 1.29 is 17.6 Å². The van der Waals surface area contributed by atoms with E-state index in [1.54, 1.807) is 28.8 Å². The third-order valence-corrected chi connectivity index (χ3v) is 7.16. The second-order valence-electron chi connectivity index (χ2n) is 7.39. The Morgan fingerprint density at radius 2 is 1.93 bits per heavy atom. The van der Waals surface area contributed by atoms with Crippen LogP contribution >= 0.6 is 0 Å². The van der Waals surface area contributed by atoms with Crippen LogP contribution in [0.5, 0.6) is 0 Å². The quantitative estimate of drug-likeness (QED) is 0.601. The first-order valence-corrected chi connectivity index (χ1v) is 11.5. The summed E-state index contributed by atoms with van der Waals surface area (Å²) >= 11 is 0. The molecule has 2 N–H and O–H groups in total. The fourth-order valence-electron chi connectivity index (χ4n) is 3.65. The lowest BCUT2D eigenvalue weighted by Crippen LogP contribution is -2.38. The molecular weight excluding hydrogens is 404 g/mol. The number of carbonyl (C=O) groups excluding carboxylic acids is 1. The van der Waals surface area contributed by atoms with E-state index in [1.807, 2.05) is 30.3 Å². The number of nitrogens with zero attached hydrogens (tertiary/aromatic N) is 2. The molecule has 2 aromatic heterocycles. The molecule has 1 fully saturated rings. The summed E-state index contributed by atoms with van der Waals surface area (Å²) in [6.45, 7) is 1.21. The molecule has 9 heteroatoms. The normalized spacial score (nSPS) is 15.9. The van der Waals surface area contributed by atoms with Crippen LogP contribution in [-0.4, -0.2) is 41.9 Å². The lowest BCUT2D eigenvalue weighted by atomic mass is 9.94. The molecule has 1 aliphatic heterocycles. The highest BCUT2D eigenvalue weighted by Gasteiger charge is 2.29. The highest BCUT2D eigenvalue weighted by molar-refractivity contribution is 7.88. The van der Waals surface area contributed by atoms with E-state index < -0.39 is 10.0 Å². The molecule has 30 heavy (non-hydrogen) atoms. The van der Waals surface area contributed by atoms with Crippen molar-refractivity contribution in [2.75, 3.05) is 13.1 Å². The standard InChI is InChI=1S/C21H24N4O4S/c26-21(22-14-18-7-4-12-29-18)20-13-19(23-24-20)17-8-10-25(11-9-17)30(27,28)15-16-5-2-1-3-6-16/h1-7,12-13,17H,8-11,14-15H2,(H,22,26)(H,23,24). The Bertz CT molecular complexity index is 1070. The molecule has 0 aliphatic carbocycles. The van der Waals surface area contributed by atoms with Crippen molar-refractivity contribution in [2.45, 2.75) is 31.1 Å². The number of aromatic nitrogens is 2. The molecule has 0 bridgehead atoms. The molecule has 1 aliphatic rings. The number of hydrogen-bond donors (Lipinski definition) is 2. The Morgan fingerprint density at radius 1 is 1.17 bits per heavy atom. The van der Waals surface area contributed by atoms with Crippen molar-refractivity contribution in [3.05, 3.63) is 77.5 Å². The maximum Gasteiger partial charge on any atom is 0.272 e. The molecule has 4 rings (SSSR count). The Hall–Kier alpha value is -2.91. The van der Waals surface area contributed by atoms with E-state index in [1.165, 1.54) is 0 Å². The van der Waals surface area contributed by atoms with Gasteiger partial charge in [-0.1, -0.05) is 30.3 Å². The fourth-order valence-corrected chi connectivity index (χ4v) is 5.22. The van der Waals surface area contributed by atoms with Gasteiger partial charge in [-0.3, -0.25) is 9.89 Å². The highest BCUT2D eigenvalue weighted by Crippen LogP contribution is 2.29. The maximum absolute atomic E-state index is 12.7. The van der Waals surface area contributed by atoms with E-state index in [9.17, 15) is 13.2 Å². The van der Waals surface area contributed by atoms with Gasteiger partial charge in [-0.05, 0) is 36.6 Å². The van der Waals surface area contributed by atoms with Crippen LogP contribution in [0, 0.1) is 0 Å². The first kappa shape index (κ1) is 20.4. The predicted molar refractivity (Wildman–Crippen MR) is 111 cm³/mol. The Balaban J connectivity index is 1.31. The van der Waals surface area contributed by atoms with Crippen LogP contribution in [0.25, 0.3) is 0 Å². The second kappa shape index (κ2) is 8.85. The van der Waals surface area contributed by atoms with Crippen molar-refractivity contribution >= 4 is 15.9 Å². The number of aromatic amines is 1. The monoisotopic (exact) mass is 428 g/mol.